The van der Waals surface area contributed by atoms with Gasteiger partial charge in [0, 0.05) is 6.54 Å². The van der Waals surface area contributed by atoms with Crippen molar-refractivity contribution in [2.75, 3.05) is 18.9 Å². The minimum atomic E-state index is -0.144. The average Bonchev–Trinajstić information content (AvgIpc) is 2.50. The van der Waals surface area contributed by atoms with Crippen LogP contribution in [0.5, 0.6) is 5.88 Å². The molecule has 0 unspecified atom stereocenters. The quantitative estimate of drug-likeness (QED) is 0.793. The first-order valence-electron chi connectivity index (χ1n) is 6.44. The Labute approximate surface area is 109 Å². The van der Waals surface area contributed by atoms with Gasteiger partial charge in [-0.05, 0) is 34.1 Å². The summed E-state index contributed by atoms with van der Waals surface area (Å²) in [5.74, 6) is 0.659. The minimum absolute atomic E-state index is 0.144. The topological polar surface area (TPSA) is 62.3 Å². The first kappa shape index (κ1) is 14.8. The summed E-state index contributed by atoms with van der Waals surface area (Å²) in [7, 11) is 0. The molecule has 0 aliphatic heterocycles. The van der Waals surface area contributed by atoms with Crippen LogP contribution in [0, 0.1) is 6.92 Å². The van der Waals surface area contributed by atoms with Crippen molar-refractivity contribution in [3.63, 3.8) is 0 Å². The van der Waals surface area contributed by atoms with Crippen molar-refractivity contribution in [3.05, 3.63) is 5.69 Å². The van der Waals surface area contributed by atoms with Crippen LogP contribution >= 0.6 is 0 Å². The van der Waals surface area contributed by atoms with E-state index in [1.54, 1.807) is 0 Å². The molecule has 1 heterocycles. The highest BCUT2D eigenvalue weighted by molar-refractivity contribution is 5.52. The molecule has 104 valence electrons. The Kier molecular flexibility index (Phi) is 5.02. The molecular weight excluding hydrogens is 230 g/mol. The highest BCUT2D eigenvalue weighted by Gasteiger charge is 2.14. The summed E-state index contributed by atoms with van der Waals surface area (Å²) < 4.78 is 13.1. The number of nitrogens with two attached hydrogens (primary N) is 1. The molecule has 1 aromatic rings. The first-order chi connectivity index (χ1) is 8.35. The summed E-state index contributed by atoms with van der Waals surface area (Å²) in [6.07, 6.45) is 0.995. The van der Waals surface area contributed by atoms with Gasteiger partial charge >= 0.3 is 0 Å². The minimum Gasteiger partial charge on any atom is -0.474 e. The van der Waals surface area contributed by atoms with E-state index < -0.39 is 0 Å². The highest BCUT2D eigenvalue weighted by atomic mass is 16.5. The largest absolute Gasteiger partial charge is 0.474 e. The van der Waals surface area contributed by atoms with Crippen molar-refractivity contribution >= 4 is 5.69 Å². The molecule has 0 aromatic carbocycles. The fraction of sp³-hybridized carbons (Fsp3) is 0.769. The van der Waals surface area contributed by atoms with Gasteiger partial charge in [-0.3, -0.25) is 0 Å². The molecule has 1 aromatic heterocycles. The van der Waals surface area contributed by atoms with Gasteiger partial charge in [-0.15, -0.1) is 0 Å². The van der Waals surface area contributed by atoms with Gasteiger partial charge in [0.2, 0.25) is 5.88 Å². The molecule has 0 aliphatic rings. The molecule has 0 spiro atoms. The van der Waals surface area contributed by atoms with Crippen LogP contribution in [0.15, 0.2) is 0 Å². The molecule has 0 bridgehead atoms. The van der Waals surface area contributed by atoms with Crippen LogP contribution in [0.25, 0.3) is 0 Å². The number of anilines is 1. The smallest absolute Gasteiger partial charge is 0.236 e. The van der Waals surface area contributed by atoms with E-state index in [4.69, 9.17) is 15.2 Å². The third-order valence-electron chi connectivity index (χ3n) is 2.42. The van der Waals surface area contributed by atoms with Gasteiger partial charge in [0.05, 0.1) is 17.9 Å². The molecular formula is C13H25N3O2. The molecule has 0 saturated carbocycles. The van der Waals surface area contributed by atoms with E-state index in [0.29, 0.717) is 24.8 Å². The normalized spacial score (nSPS) is 11.8. The Balaban J connectivity index is 2.55. The molecule has 5 nitrogen and oxygen atoms in total. The number of rotatable bonds is 6. The zero-order valence-corrected chi connectivity index (χ0v) is 12.1. The molecule has 2 N–H and O–H groups in total. The van der Waals surface area contributed by atoms with E-state index in [9.17, 15) is 0 Å². The lowest BCUT2D eigenvalue weighted by molar-refractivity contribution is -0.0172. The Morgan fingerprint density at radius 3 is 2.50 bits per heavy atom. The number of nitrogens with zero attached hydrogens (tertiary/aromatic N) is 2. The van der Waals surface area contributed by atoms with Gasteiger partial charge in [-0.1, -0.05) is 6.92 Å². The van der Waals surface area contributed by atoms with Crippen LogP contribution in [0.3, 0.4) is 0 Å². The molecule has 0 saturated heterocycles. The number of aromatic nitrogens is 2. The summed E-state index contributed by atoms with van der Waals surface area (Å²) in [5.41, 5.74) is 7.25. The van der Waals surface area contributed by atoms with Crippen molar-refractivity contribution in [1.29, 1.82) is 0 Å². The second-order valence-electron chi connectivity index (χ2n) is 5.34. The Bertz CT molecular complexity index is 380. The summed E-state index contributed by atoms with van der Waals surface area (Å²) in [6.45, 7) is 11.9. The Hall–Kier alpha value is -1.23. The van der Waals surface area contributed by atoms with E-state index in [1.165, 1.54) is 0 Å². The fourth-order valence-electron chi connectivity index (χ4n) is 1.58. The van der Waals surface area contributed by atoms with Gasteiger partial charge in [0.15, 0.2) is 0 Å². The Morgan fingerprint density at radius 1 is 1.28 bits per heavy atom. The second-order valence-corrected chi connectivity index (χ2v) is 5.34. The zero-order valence-electron chi connectivity index (χ0n) is 12.1. The van der Waals surface area contributed by atoms with Crippen LogP contribution in [0.4, 0.5) is 5.69 Å². The van der Waals surface area contributed by atoms with Crippen molar-refractivity contribution in [3.8, 4) is 5.88 Å². The van der Waals surface area contributed by atoms with E-state index in [-0.39, 0.29) is 5.60 Å². The molecule has 1 rings (SSSR count). The first-order valence-corrected chi connectivity index (χ1v) is 6.44. The van der Waals surface area contributed by atoms with Crippen molar-refractivity contribution in [2.24, 2.45) is 0 Å². The fourth-order valence-corrected chi connectivity index (χ4v) is 1.58. The number of nitrogen functional groups attached to an aromatic ring is 1. The SMILES string of the molecule is CCCn1nc(C)c(N)c1OCCOC(C)(C)C. The summed E-state index contributed by atoms with van der Waals surface area (Å²) in [6, 6.07) is 0. The molecule has 0 atom stereocenters. The monoisotopic (exact) mass is 255 g/mol. The molecule has 0 aliphatic carbocycles. The molecule has 0 fully saturated rings. The molecule has 18 heavy (non-hydrogen) atoms. The number of hydrogen-bond acceptors (Lipinski definition) is 4. The molecule has 5 heteroatoms. The summed E-state index contributed by atoms with van der Waals surface area (Å²) >= 11 is 0. The van der Waals surface area contributed by atoms with E-state index >= 15 is 0 Å². The number of ether oxygens (including phenoxy) is 2. The van der Waals surface area contributed by atoms with Crippen LogP contribution in [-0.4, -0.2) is 28.6 Å². The lowest BCUT2D eigenvalue weighted by Gasteiger charge is -2.19. The van der Waals surface area contributed by atoms with Gasteiger partial charge in [-0.2, -0.15) is 5.10 Å². The third-order valence-corrected chi connectivity index (χ3v) is 2.42. The van der Waals surface area contributed by atoms with Gasteiger partial charge in [0.1, 0.15) is 12.3 Å². The Morgan fingerprint density at radius 2 is 1.94 bits per heavy atom. The third kappa shape index (κ3) is 4.22. The zero-order chi connectivity index (χ0) is 13.8. The van der Waals surface area contributed by atoms with Gasteiger partial charge < -0.3 is 15.2 Å². The highest BCUT2D eigenvalue weighted by Crippen LogP contribution is 2.25. The van der Waals surface area contributed by atoms with Crippen LogP contribution in [-0.2, 0) is 11.3 Å². The second kappa shape index (κ2) is 6.09. The predicted molar refractivity (Wildman–Crippen MR) is 72.9 cm³/mol. The maximum atomic E-state index is 5.95. The predicted octanol–water partition coefficient (Wildman–Crippen LogP) is 2.38. The lowest BCUT2D eigenvalue weighted by Crippen LogP contribution is -2.23. The average molecular weight is 255 g/mol. The van der Waals surface area contributed by atoms with Gasteiger partial charge in [-0.25, -0.2) is 4.68 Å². The van der Waals surface area contributed by atoms with Gasteiger partial charge in [0.25, 0.3) is 0 Å². The maximum absolute atomic E-state index is 5.95. The summed E-state index contributed by atoms with van der Waals surface area (Å²) in [4.78, 5) is 0. The maximum Gasteiger partial charge on any atom is 0.236 e. The van der Waals surface area contributed by atoms with E-state index in [0.717, 1.165) is 18.7 Å². The van der Waals surface area contributed by atoms with Crippen LogP contribution in [0.1, 0.15) is 39.8 Å². The molecule has 0 amide bonds. The standard InChI is InChI=1S/C13H25N3O2/c1-6-7-16-12(11(14)10(2)15-16)17-8-9-18-13(3,4)5/h6-9,14H2,1-5H3. The summed E-state index contributed by atoms with van der Waals surface area (Å²) in [5, 5.41) is 4.35. The van der Waals surface area contributed by atoms with E-state index in [2.05, 4.69) is 12.0 Å². The van der Waals surface area contributed by atoms with Crippen molar-refractivity contribution in [2.45, 2.75) is 53.2 Å². The van der Waals surface area contributed by atoms with Crippen LogP contribution in [0.2, 0.25) is 0 Å². The number of aryl methyl sites for hydroxylation is 2. The van der Waals surface area contributed by atoms with Crippen LogP contribution < -0.4 is 10.5 Å². The molecule has 0 radical (unpaired) electrons. The van der Waals surface area contributed by atoms with Crippen molar-refractivity contribution in [1.82, 2.24) is 9.78 Å². The van der Waals surface area contributed by atoms with E-state index in [1.807, 2.05) is 32.4 Å². The lowest BCUT2D eigenvalue weighted by atomic mass is 10.2. The van der Waals surface area contributed by atoms with Crippen molar-refractivity contribution < 1.29 is 9.47 Å². The number of hydrogen-bond donors (Lipinski definition) is 1.